The summed E-state index contributed by atoms with van der Waals surface area (Å²) in [5, 5.41) is 0. The lowest BCUT2D eigenvalue weighted by Gasteiger charge is -2.29. The van der Waals surface area contributed by atoms with Crippen LogP contribution in [0, 0.1) is 11.2 Å². The zero-order chi connectivity index (χ0) is 13.3. The minimum Gasteiger partial charge on any atom is -0.490 e. The van der Waals surface area contributed by atoms with E-state index in [-0.39, 0.29) is 23.4 Å². The van der Waals surface area contributed by atoms with E-state index >= 15 is 0 Å². The predicted octanol–water partition coefficient (Wildman–Crippen LogP) is 3.28. The molecule has 0 spiro atoms. The van der Waals surface area contributed by atoms with Crippen LogP contribution in [0.4, 0.5) is 4.39 Å². The van der Waals surface area contributed by atoms with Gasteiger partial charge in [0, 0.05) is 18.0 Å². The van der Waals surface area contributed by atoms with E-state index in [4.69, 9.17) is 10.5 Å². The molecule has 0 saturated carbocycles. The molecule has 3 heteroatoms. The van der Waals surface area contributed by atoms with E-state index in [1.54, 1.807) is 12.1 Å². The standard InChI is InChI=1S/C15H22FNO/c1-10(17)8-15(2,3)9-13-7-11-6-12(16)4-5-14(11)18-13/h4-6,10,13H,7-9,17H2,1-3H3. The second-order valence-electron chi connectivity index (χ2n) is 6.25. The molecule has 100 valence electrons. The molecule has 2 N–H and O–H groups in total. The van der Waals surface area contributed by atoms with Crippen LogP contribution in [-0.2, 0) is 6.42 Å². The molecule has 1 aromatic carbocycles. The first-order valence-electron chi connectivity index (χ1n) is 6.56. The highest BCUT2D eigenvalue weighted by Gasteiger charge is 2.30. The SMILES string of the molecule is CC(N)CC(C)(C)CC1Cc2cc(F)ccc2O1. The Balaban J connectivity index is 1.99. The highest BCUT2D eigenvalue weighted by molar-refractivity contribution is 5.37. The Morgan fingerprint density at radius 3 is 2.89 bits per heavy atom. The molecule has 0 fully saturated rings. The molecule has 1 aliphatic rings. The third kappa shape index (κ3) is 3.22. The summed E-state index contributed by atoms with van der Waals surface area (Å²) < 4.78 is 19.0. The van der Waals surface area contributed by atoms with Crippen molar-refractivity contribution in [2.24, 2.45) is 11.1 Å². The predicted molar refractivity (Wildman–Crippen MR) is 71.2 cm³/mol. The summed E-state index contributed by atoms with van der Waals surface area (Å²) in [4.78, 5) is 0. The van der Waals surface area contributed by atoms with Gasteiger partial charge < -0.3 is 10.5 Å². The summed E-state index contributed by atoms with van der Waals surface area (Å²) >= 11 is 0. The Morgan fingerprint density at radius 1 is 1.50 bits per heavy atom. The number of fused-ring (bicyclic) bond motifs is 1. The van der Waals surface area contributed by atoms with Crippen LogP contribution in [-0.4, -0.2) is 12.1 Å². The Labute approximate surface area is 108 Å². The molecule has 0 radical (unpaired) electrons. The summed E-state index contributed by atoms with van der Waals surface area (Å²) in [7, 11) is 0. The highest BCUT2D eigenvalue weighted by Crippen LogP contribution is 2.36. The third-order valence-corrected chi connectivity index (χ3v) is 3.42. The number of halogens is 1. The second-order valence-corrected chi connectivity index (χ2v) is 6.25. The second kappa shape index (κ2) is 4.88. The molecule has 0 aromatic heterocycles. The quantitative estimate of drug-likeness (QED) is 0.891. The molecule has 0 saturated heterocycles. The molecule has 0 amide bonds. The van der Waals surface area contributed by atoms with Crippen LogP contribution in [0.3, 0.4) is 0 Å². The Bertz CT molecular complexity index is 429. The van der Waals surface area contributed by atoms with E-state index in [0.29, 0.717) is 0 Å². The molecule has 2 rings (SSSR count). The van der Waals surface area contributed by atoms with Gasteiger partial charge in [0.15, 0.2) is 0 Å². The average molecular weight is 251 g/mol. The first kappa shape index (κ1) is 13.3. The van der Waals surface area contributed by atoms with Gasteiger partial charge in [0.25, 0.3) is 0 Å². The maximum atomic E-state index is 13.1. The number of benzene rings is 1. The largest absolute Gasteiger partial charge is 0.490 e. The number of hydrogen-bond acceptors (Lipinski definition) is 2. The van der Waals surface area contributed by atoms with Crippen LogP contribution >= 0.6 is 0 Å². The summed E-state index contributed by atoms with van der Waals surface area (Å²) in [5.41, 5.74) is 7.00. The van der Waals surface area contributed by atoms with Crippen LogP contribution in [0.5, 0.6) is 5.75 Å². The third-order valence-electron chi connectivity index (χ3n) is 3.42. The van der Waals surface area contributed by atoms with E-state index in [0.717, 1.165) is 30.6 Å². The fourth-order valence-corrected chi connectivity index (χ4v) is 2.97. The molecule has 2 atom stereocenters. The van der Waals surface area contributed by atoms with Gasteiger partial charge in [-0.2, -0.15) is 0 Å². The van der Waals surface area contributed by atoms with Crippen LogP contribution in [0.25, 0.3) is 0 Å². The molecule has 1 aromatic rings. The van der Waals surface area contributed by atoms with Gasteiger partial charge in [-0.3, -0.25) is 0 Å². The van der Waals surface area contributed by atoms with Crippen LogP contribution in [0.2, 0.25) is 0 Å². The molecule has 2 nitrogen and oxygen atoms in total. The highest BCUT2D eigenvalue weighted by atomic mass is 19.1. The van der Waals surface area contributed by atoms with Gasteiger partial charge in [0.2, 0.25) is 0 Å². The summed E-state index contributed by atoms with van der Waals surface area (Å²) in [6.45, 7) is 6.45. The lowest BCUT2D eigenvalue weighted by Crippen LogP contribution is -2.30. The number of hydrogen-bond donors (Lipinski definition) is 1. The van der Waals surface area contributed by atoms with Gasteiger partial charge in [0.1, 0.15) is 17.7 Å². The molecular formula is C15H22FNO. The summed E-state index contributed by atoms with van der Waals surface area (Å²) in [5.74, 6) is 0.644. The molecule has 0 bridgehead atoms. The minimum atomic E-state index is -0.187. The Morgan fingerprint density at radius 2 is 2.22 bits per heavy atom. The zero-order valence-electron chi connectivity index (χ0n) is 11.4. The van der Waals surface area contributed by atoms with Crippen LogP contribution < -0.4 is 10.5 Å². The first-order valence-corrected chi connectivity index (χ1v) is 6.56. The van der Waals surface area contributed by atoms with Gasteiger partial charge >= 0.3 is 0 Å². The van der Waals surface area contributed by atoms with Crippen molar-refractivity contribution in [1.29, 1.82) is 0 Å². The fourth-order valence-electron chi connectivity index (χ4n) is 2.97. The van der Waals surface area contributed by atoms with E-state index < -0.39 is 0 Å². The van der Waals surface area contributed by atoms with E-state index in [1.165, 1.54) is 6.07 Å². The van der Waals surface area contributed by atoms with Crippen LogP contribution in [0.15, 0.2) is 18.2 Å². The Kier molecular flexibility index (Phi) is 3.62. The molecule has 2 unspecified atom stereocenters. The molecule has 1 aliphatic heterocycles. The lowest BCUT2D eigenvalue weighted by atomic mass is 9.80. The Hall–Kier alpha value is -1.09. The summed E-state index contributed by atoms with van der Waals surface area (Å²) in [6.07, 6.45) is 2.87. The van der Waals surface area contributed by atoms with Crippen molar-refractivity contribution in [3.05, 3.63) is 29.6 Å². The maximum absolute atomic E-state index is 13.1. The van der Waals surface area contributed by atoms with Crippen molar-refractivity contribution in [3.63, 3.8) is 0 Å². The zero-order valence-corrected chi connectivity index (χ0v) is 11.4. The van der Waals surface area contributed by atoms with Gasteiger partial charge in [-0.25, -0.2) is 4.39 Å². The van der Waals surface area contributed by atoms with Crippen molar-refractivity contribution in [2.75, 3.05) is 0 Å². The van der Waals surface area contributed by atoms with Crippen molar-refractivity contribution in [3.8, 4) is 5.75 Å². The molecule has 0 aliphatic carbocycles. The number of rotatable bonds is 4. The normalized spacial score (nSPS) is 20.4. The van der Waals surface area contributed by atoms with Crippen molar-refractivity contribution >= 4 is 0 Å². The molecular weight excluding hydrogens is 229 g/mol. The lowest BCUT2D eigenvalue weighted by molar-refractivity contribution is 0.146. The van der Waals surface area contributed by atoms with E-state index in [1.807, 2.05) is 6.92 Å². The minimum absolute atomic E-state index is 0.149. The van der Waals surface area contributed by atoms with Gasteiger partial charge in [-0.15, -0.1) is 0 Å². The van der Waals surface area contributed by atoms with Crippen molar-refractivity contribution in [2.45, 2.75) is 52.2 Å². The topological polar surface area (TPSA) is 35.2 Å². The average Bonchev–Trinajstić information content (AvgIpc) is 2.55. The monoisotopic (exact) mass is 251 g/mol. The van der Waals surface area contributed by atoms with Crippen molar-refractivity contribution < 1.29 is 9.13 Å². The first-order chi connectivity index (χ1) is 8.35. The van der Waals surface area contributed by atoms with Gasteiger partial charge in [0.05, 0.1) is 0 Å². The van der Waals surface area contributed by atoms with E-state index in [2.05, 4.69) is 13.8 Å². The van der Waals surface area contributed by atoms with Gasteiger partial charge in [-0.1, -0.05) is 13.8 Å². The summed E-state index contributed by atoms with van der Waals surface area (Å²) in [6, 6.07) is 4.95. The maximum Gasteiger partial charge on any atom is 0.123 e. The van der Waals surface area contributed by atoms with Crippen LogP contribution in [0.1, 0.15) is 39.2 Å². The molecule has 18 heavy (non-hydrogen) atoms. The smallest absolute Gasteiger partial charge is 0.123 e. The number of nitrogens with two attached hydrogens (primary N) is 1. The van der Waals surface area contributed by atoms with Crippen molar-refractivity contribution in [1.82, 2.24) is 0 Å². The van der Waals surface area contributed by atoms with Gasteiger partial charge in [-0.05, 0) is 43.4 Å². The molecule has 1 heterocycles. The van der Waals surface area contributed by atoms with E-state index in [9.17, 15) is 4.39 Å². The number of ether oxygens (including phenoxy) is 1. The fraction of sp³-hybridized carbons (Fsp3) is 0.600.